The molecule has 0 aliphatic carbocycles. The van der Waals surface area contributed by atoms with Gasteiger partial charge >= 0.3 is 0 Å². The molecule has 0 aromatic carbocycles. The Balaban J connectivity index is 3.44. The van der Waals surface area contributed by atoms with Gasteiger partial charge in [-0.05, 0) is 12.3 Å². The monoisotopic (exact) mass is 256 g/mol. The van der Waals surface area contributed by atoms with Crippen molar-refractivity contribution in [1.29, 1.82) is 0 Å². The van der Waals surface area contributed by atoms with Gasteiger partial charge in [0.2, 0.25) is 0 Å². The van der Waals surface area contributed by atoms with Crippen LogP contribution in [0, 0.1) is 5.92 Å². The van der Waals surface area contributed by atoms with E-state index in [4.69, 9.17) is 5.11 Å². The highest BCUT2D eigenvalue weighted by atomic mass is 16.3. The van der Waals surface area contributed by atoms with Crippen molar-refractivity contribution < 1.29 is 5.11 Å². The van der Waals surface area contributed by atoms with E-state index in [2.05, 4.69) is 13.8 Å². The van der Waals surface area contributed by atoms with Crippen LogP contribution in [0.3, 0.4) is 0 Å². The van der Waals surface area contributed by atoms with Crippen molar-refractivity contribution in [2.24, 2.45) is 5.92 Å². The van der Waals surface area contributed by atoms with Gasteiger partial charge in [0.1, 0.15) is 0 Å². The Hall–Kier alpha value is -0.0400. The number of rotatable bonds is 14. The van der Waals surface area contributed by atoms with Crippen LogP contribution in [0.5, 0.6) is 0 Å². The van der Waals surface area contributed by atoms with Gasteiger partial charge in [0.15, 0.2) is 0 Å². The third-order valence-corrected chi connectivity index (χ3v) is 3.97. The van der Waals surface area contributed by atoms with Crippen molar-refractivity contribution >= 4 is 0 Å². The molecular weight excluding hydrogens is 220 g/mol. The first-order valence-electron chi connectivity index (χ1n) is 8.46. The van der Waals surface area contributed by atoms with Gasteiger partial charge in [-0.1, -0.05) is 90.9 Å². The third kappa shape index (κ3) is 12.4. The Labute approximate surface area is 115 Å². The lowest BCUT2D eigenvalue weighted by atomic mass is 9.92. The zero-order valence-corrected chi connectivity index (χ0v) is 12.9. The molecule has 1 atom stereocenters. The summed E-state index contributed by atoms with van der Waals surface area (Å²) in [5, 5.41) is 9.11. The molecule has 0 bridgehead atoms. The van der Waals surface area contributed by atoms with Crippen LogP contribution < -0.4 is 0 Å². The Morgan fingerprint density at radius 1 is 0.611 bits per heavy atom. The van der Waals surface area contributed by atoms with Crippen LogP contribution in [-0.2, 0) is 0 Å². The van der Waals surface area contributed by atoms with Crippen LogP contribution in [0.15, 0.2) is 0 Å². The van der Waals surface area contributed by atoms with Gasteiger partial charge < -0.3 is 5.11 Å². The Bertz CT molecular complexity index is 145. The average molecular weight is 256 g/mol. The standard InChI is InChI=1S/C17H36O/c1-3-5-7-9-10-12-14-17(15-16-18)13-11-8-6-4-2/h17-18H,3-16H2,1-2H3/t17-/m0/s1. The fourth-order valence-electron chi connectivity index (χ4n) is 2.69. The van der Waals surface area contributed by atoms with Crippen molar-refractivity contribution in [3.05, 3.63) is 0 Å². The lowest BCUT2D eigenvalue weighted by Gasteiger charge is -2.15. The van der Waals surface area contributed by atoms with Gasteiger partial charge in [0.05, 0.1) is 0 Å². The van der Waals surface area contributed by atoms with E-state index in [1.807, 2.05) is 0 Å². The van der Waals surface area contributed by atoms with Crippen molar-refractivity contribution in [3.8, 4) is 0 Å². The van der Waals surface area contributed by atoms with Crippen LogP contribution in [0.1, 0.15) is 97.3 Å². The summed E-state index contributed by atoms with van der Waals surface area (Å²) >= 11 is 0. The minimum absolute atomic E-state index is 0.383. The summed E-state index contributed by atoms with van der Waals surface area (Å²) in [5.41, 5.74) is 0. The van der Waals surface area contributed by atoms with Crippen LogP contribution in [0.4, 0.5) is 0 Å². The predicted octanol–water partition coefficient (Wildman–Crippen LogP) is 5.71. The molecule has 1 nitrogen and oxygen atoms in total. The van der Waals surface area contributed by atoms with E-state index >= 15 is 0 Å². The van der Waals surface area contributed by atoms with E-state index in [-0.39, 0.29) is 0 Å². The molecule has 0 saturated heterocycles. The summed E-state index contributed by atoms with van der Waals surface area (Å²) in [5.74, 6) is 0.790. The van der Waals surface area contributed by atoms with E-state index in [0.29, 0.717) is 6.61 Å². The second-order valence-corrected chi connectivity index (χ2v) is 5.78. The Morgan fingerprint density at radius 3 is 1.56 bits per heavy atom. The maximum Gasteiger partial charge on any atom is 0.0433 e. The maximum atomic E-state index is 9.11. The highest BCUT2D eigenvalue weighted by molar-refractivity contribution is 4.60. The van der Waals surface area contributed by atoms with Gasteiger partial charge in [-0.15, -0.1) is 0 Å². The van der Waals surface area contributed by atoms with Gasteiger partial charge in [0, 0.05) is 6.61 Å². The maximum absolute atomic E-state index is 9.11. The molecule has 0 fully saturated rings. The molecule has 0 rings (SSSR count). The number of hydrogen-bond donors (Lipinski definition) is 1. The molecular formula is C17H36O. The van der Waals surface area contributed by atoms with E-state index in [1.54, 1.807) is 0 Å². The zero-order chi connectivity index (χ0) is 13.5. The van der Waals surface area contributed by atoms with Gasteiger partial charge in [0.25, 0.3) is 0 Å². The summed E-state index contributed by atoms with van der Waals surface area (Å²) in [6.45, 7) is 4.92. The molecule has 0 aliphatic rings. The Kier molecular flexibility index (Phi) is 15.0. The minimum atomic E-state index is 0.383. The van der Waals surface area contributed by atoms with Crippen molar-refractivity contribution in [3.63, 3.8) is 0 Å². The summed E-state index contributed by atoms with van der Waals surface area (Å²) in [4.78, 5) is 0. The zero-order valence-electron chi connectivity index (χ0n) is 12.9. The molecule has 0 amide bonds. The molecule has 0 aromatic heterocycles. The number of aliphatic hydroxyl groups excluding tert-OH is 1. The summed E-state index contributed by atoms with van der Waals surface area (Å²) in [7, 11) is 0. The SMILES string of the molecule is CCCCCCCC[C@@H](CCO)CCCCCC. The molecule has 1 N–H and O–H groups in total. The fourth-order valence-corrected chi connectivity index (χ4v) is 2.69. The molecule has 0 spiro atoms. The summed E-state index contributed by atoms with van der Waals surface area (Å²) in [6, 6.07) is 0. The second-order valence-electron chi connectivity index (χ2n) is 5.78. The smallest absolute Gasteiger partial charge is 0.0433 e. The van der Waals surface area contributed by atoms with Crippen LogP contribution in [0.25, 0.3) is 0 Å². The Morgan fingerprint density at radius 2 is 1.06 bits per heavy atom. The highest BCUT2D eigenvalue weighted by Gasteiger charge is 2.07. The first-order chi connectivity index (χ1) is 8.85. The number of unbranched alkanes of at least 4 members (excludes halogenated alkanes) is 8. The summed E-state index contributed by atoms with van der Waals surface area (Å²) < 4.78 is 0. The average Bonchev–Trinajstić information content (AvgIpc) is 2.38. The van der Waals surface area contributed by atoms with Crippen molar-refractivity contribution in [2.75, 3.05) is 6.61 Å². The predicted molar refractivity (Wildman–Crippen MR) is 81.9 cm³/mol. The molecule has 0 aliphatic heterocycles. The van der Waals surface area contributed by atoms with Crippen LogP contribution in [-0.4, -0.2) is 11.7 Å². The largest absolute Gasteiger partial charge is 0.396 e. The molecule has 1 heteroatoms. The van der Waals surface area contributed by atoms with E-state index in [1.165, 1.54) is 77.0 Å². The minimum Gasteiger partial charge on any atom is -0.396 e. The number of hydrogen-bond acceptors (Lipinski definition) is 1. The normalized spacial score (nSPS) is 12.8. The molecule has 0 aromatic rings. The summed E-state index contributed by atoms with van der Waals surface area (Å²) in [6.07, 6.45) is 17.5. The van der Waals surface area contributed by atoms with Crippen molar-refractivity contribution in [1.82, 2.24) is 0 Å². The molecule has 0 saturated carbocycles. The molecule has 0 heterocycles. The highest BCUT2D eigenvalue weighted by Crippen LogP contribution is 2.21. The van der Waals surface area contributed by atoms with E-state index in [9.17, 15) is 0 Å². The lowest BCUT2D eigenvalue weighted by molar-refractivity contribution is 0.241. The molecule has 0 unspecified atom stereocenters. The quantitative estimate of drug-likeness (QED) is 0.395. The van der Waals surface area contributed by atoms with Gasteiger partial charge in [-0.25, -0.2) is 0 Å². The lowest BCUT2D eigenvalue weighted by Crippen LogP contribution is -2.03. The first-order valence-corrected chi connectivity index (χ1v) is 8.46. The number of aliphatic hydroxyl groups is 1. The molecule has 110 valence electrons. The van der Waals surface area contributed by atoms with E-state index < -0.39 is 0 Å². The first kappa shape index (κ1) is 18.0. The third-order valence-electron chi connectivity index (χ3n) is 3.97. The van der Waals surface area contributed by atoms with E-state index in [0.717, 1.165) is 12.3 Å². The van der Waals surface area contributed by atoms with Crippen LogP contribution in [0.2, 0.25) is 0 Å². The second kappa shape index (κ2) is 15.0. The fraction of sp³-hybridized carbons (Fsp3) is 1.00. The van der Waals surface area contributed by atoms with Crippen molar-refractivity contribution in [2.45, 2.75) is 97.3 Å². The van der Waals surface area contributed by atoms with Gasteiger partial charge in [-0.2, -0.15) is 0 Å². The molecule has 0 radical (unpaired) electrons. The molecule has 18 heavy (non-hydrogen) atoms. The van der Waals surface area contributed by atoms with Gasteiger partial charge in [-0.3, -0.25) is 0 Å². The topological polar surface area (TPSA) is 20.2 Å². The van der Waals surface area contributed by atoms with Crippen LogP contribution >= 0.6 is 0 Å².